The molecule has 1 heterocycles. The second kappa shape index (κ2) is 8.65. The normalized spacial score (nSPS) is 10.8. The number of nitrogens with one attached hydrogen (secondary N) is 1. The Balaban J connectivity index is 1.99. The highest BCUT2D eigenvalue weighted by atomic mass is 16.5. The van der Waals surface area contributed by atoms with Crippen molar-refractivity contribution in [3.8, 4) is 0 Å². The van der Waals surface area contributed by atoms with E-state index < -0.39 is 5.97 Å². The summed E-state index contributed by atoms with van der Waals surface area (Å²) >= 11 is 0. The summed E-state index contributed by atoms with van der Waals surface area (Å²) in [4.78, 5) is 23.9. The highest BCUT2D eigenvalue weighted by Crippen LogP contribution is 2.17. The summed E-state index contributed by atoms with van der Waals surface area (Å²) in [5.41, 5.74) is 4.22. The van der Waals surface area contributed by atoms with Crippen LogP contribution >= 0.6 is 0 Å². The van der Waals surface area contributed by atoms with E-state index >= 15 is 0 Å². The highest BCUT2D eigenvalue weighted by molar-refractivity contribution is 5.94. The predicted octanol–water partition coefficient (Wildman–Crippen LogP) is 3.51. The Kier molecular flexibility index (Phi) is 6.55. The molecular formula is C20H27N3O3. The van der Waals surface area contributed by atoms with Crippen molar-refractivity contribution in [1.82, 2.24) is 9.78 Å². The van der Waals surface area contributed by atoms with Crippen LogP contribution in [0.1, 0.15) is 47.6 Å². The van der Waals surface area contributed by atoms with Gasteiger partial charge in [-0.25, -0.2) is 4.79 Å². The van der Waals surface area contributed by atoms with Gasteiger partial charge >= 0.3 is 5.97 Å². The Hall–Kier alpha value is -2.63. The average molecular weight is 357 g/mol. The van der Waals surface area contributed by atoms with Gasteiger partial charge in [-0.05, 0) is 49.9 Å². The second-order valence-electron chi connectivity index (χ2n) is 6.85. The Morgan fingerprint density at radius 3 is 2.65 bits per heavy atom. The molecule has 0 aliphatic rings. The molecule has 140 valence electrons. The SMILES string of the molecule is COC(=O)c1cccc(NC(=O)CCc2c(C)nn(CC(C)C)c2C)c1. The summed E-state index contributed by atoms with van der Waals surface area (Å²) in [6.45, 7) is 9.23. The molecule has 0 bridgehead atoms. The molecule has 0 spiro atoms. The van der Waals surface area contributed by atoms with Gasteiger partial charge in [0.25, 0.3) is 0 Å². The summed E-state index contributed by atoms with van der Waals surface area (Å²) in [5, 5.41) is 7.42. The molecule has 0 radical (unpaired) electrons. The third-order valence-corrected chi connectivity index (χ3v) is 4.24. The van der Waals surface area contributed by atoms with E-state index in [4.69, 9.17) is 4.74 Å². The molecule has 1 amide bonds. The maximum Gasteiger partial charge on any atom is 0.337 e. The van der Waals surface area contributed by atoms with Crippen molar-refractivity contribution in [2.75, 3.05) is 12.4 Å². The molecule has 0 saturated heterocycles. The quantitative estimate of drug-likeness (QED) is 0.770. The fourth-order valence-corrected chi connectivity index (χ4v) is 2.92. The zero-order chi connectivity index (χ0) is 19.3. The molecule has 0 aliphatic carbocycles. The Morgan fingerprint density at radius 1 is 1.27 bits per heavy atom. The number of amides is 1. The van der Waals surface area contributed by atoms with E-state index in [1.807, 2.05) is 11.6 Å². The van der Waals surface area contributed by atoms with Gasteiger partial charge in [-0.2, -0.15) is 5.10 Å². The topological polar surface area (TPSA) is 73.2 Å². The first-order valence-corrected chi connectivity index (χ1v) is 8.83. The van der Waals surface area contributed by atoms with Crippen LogP contribution in [-0.2, 0) is 22.5 Å². The van der Waals surface area contributed by atoms with Crippen molar-refractivity contribution in [1.29, 1.82) is 0 Å². The van der Waals surface area contributed by atoms with Gasteiger partial charge in [-0.15, -0.1) is 0 Å². The van der Waals surface area contributed by atoms with Crippen LogP contribution < -0.4 is 5.32 Å². The van der Waals surface area contributed by atoms with Gasteiger partial charge in [-0.1, -0.05) is 19.9 Å². The van der Waals surface area contributed by atoms with Gasteiger partial charge in [0.15, 0.2) is 0 Å². The maximum atomic E-state index is 12.3. The molecule has 0 fully saturated rings. The Bertz CT molecular complexity index is 794. The van der Waals surface area contributed by atoms with Crippen molar-refractivity contribution in [2.24, 2.45) is 5.92 Å². The van der Waals surface area contributed by atoms with E-state index in [-0.39, 0.29) is 5.91 Å². The molecule has 6 nitrogen and oxygen atoms in total. The summed E-state index contributed by atoms with van der Waals surface area (Å²) in [6, 6.07) is 6.73. The van der Waals surface area contributed by atoms with Gasteiger partial charge in [0.2, 0.25) is 5.91 Å². The minimum Gasteiger partial charge on any atom is -0.465 e. The van der Waals surface area contributed by atoms with Crippen molar-refractivity contribution in [3.05, 3.63) is 46.8 Å². The fourth-order valence-electron chi connectivity index (χ4n) is 2.92. The van der Waals surface area contributed by atoms with Crippen molar-refractivity contribution in [2.45, 2.75) is 47.1 Å². The van der Waals surface area contributed by atoms with Crippen molar-refractivity contribution >= 4 is 17.6 Å². The number of ether oxygens (including phenoxy) is 1. The van der Waals surface area contributed by atoms with E-state index in [1.165, 1.54) is 7.11 Å². The van der Waals surface area contributed by atoms with Crippen LogP contribution in [0.3, 0.4) is 0 Å². The number of methoxy groups -OCH3 is 1. The predicted molar refractivity (Wildman–Crippen MR) is 101 cm³/mol. The van der Waals surface area contributed by atoms with E-state index in [2.05, 4.69) is 31.2 Å². The van der Waals surface area contributed by atoms with Crippen molar-refractivity contribution < 1.29 is 14.3 Å². The summed E-state index contributed by atoms with van der Waals surface area (Å²) < 4.78 is 6.72. The first-order chi connectivity index (χ1) is 12.3. The summed E-state index contributed by atoms with van der Waals surface area (Å²) in [6.07, 6.45) is 0.996. The lowest BCUT2D eigenvalue weighted by Gasteiger charge is -2.09. The lowest BCUT2D eigenvalue weighted by molar-refractivity contribution is -0.116. The number of aryl methyl sites for hydroxylation is 1. The third kappa shape index (κ3) is 4.94. The molecule has 1 aromatic heterocycles. The molecule has 6 heteroatoms. The lowest BCUT2D eigenvalue weighted by atomic mass is 10.1. The second-order valence-corrected chi connectivity index (χ2v) is 6.85. The van der Waals surface area contributed by atoms with Crippen LogP contribution in [0, 0.1) is 19.8 Å². The van der Waals surface area contributed by atoms with Crippen LogP contribution in [-0.4, -0.2) is 28.8 Å². The molecule has 2 rings (SSSR count). The summed E-state index contributed by atoms with van der Waals surface area (Å²) in [7, 11) is 1.33. The highest BCUT2D eigenvalue weighted by Gasteiger charge is 2.14. The number of rotatable bonds is 7. The van der Waals surface area contributed by atoms with Gasteiger partial charge in [0.1, 0.15) is 0 Å². The monoisotopic (exact) mass is 357 g/mol. The minimum absolute atomic E-state index is 0.0950. The van der Waals surface area contributed by atoms with Crippen LogP contribution in [0.5, 0.6) is 0 Å². The van der Waals surface area contributed by atoms with E-state index in [1.54, 1.807) is 24.3 Å². The van der Waals surface area contributed by atoms with Gasteiger partial charge in [-0.3, -0.25) is 9.48 Å². The minimum atomic E-state index is -0.426. The maximum absolute atomic E-state index is 12.3. The number of anilines is 1. The van der Waals surface area contributed by atoms with Gasteiger partial charge in [0.05, 0.1) is 18.4 Å². The van der Waals surface area contributed by atoms with Crippen LogP contribution in [0.2, 0.25) is 0 Å². The molecule has 2 aromatic rings. The smallest absolute Gasteiger partial charge is 0.337 e. The molecule has 26 heavy (non-hydrogen) atoms. The number of carbonyl (C=O) groups is 2. The number of benzene rings is 1. The first-order valence-electron chi connectivity index (χ1n) is 8.83. The number of hydrogen-bond acceptors (Lipinski definition) is 4. The molecule has 0 aliphatic heterocycles. The van der Waals surface area contributed by atoms with Crippen LogP contribution in [0.4, 0.5) is 5.69 Å². The average Bonchev–Trinajstić information content (AvgIpc) is 2.85. The number of carbonyl (C=O) groups excluding carboxylic acids is 2. The molecule has 1 aromatic carbocycles. The Morgan fingerprint density at radius 2 is 2.00 bits per heavy atom. The molecular weight excluding hydrogens is 330 g/mol. The zero-order valence-corrected chi connectivity index (χ0v) is 16.1. The summed E-state index contributed by atoms with van der Waals surface area (Å²) in [5.74, 6) is -0.00132. The third-order valence-electron chi connectivity index (χ3n) is 4.24. The van der Waals surface area contributed by atoms with Crippen molar-refractivity contribution in [3.63, 3.8) is 0 Å². The largest absolute Gasteiger partial charge is 0.465 e. The first kappa shape index (κ1) is 19.7. The number of hydrogen-bond donors (Lipinski definition) is 1. The molecule has 1 N–H and O–H groups in total. The molecule has 0 unspecified atom stereocenters. The van der Waals surface area contributed by atoms with Gasteiger partial charge < -0.3 is 10.1 Å². The Labute approximate surface area is 154 Å². The van der Waals surface area contributed by atoms with E-state index in [0.29, 0.717) is 30.0 Å². The zero-order valence-electron chi connectivity index (χ0n) is 16.1. The lowest BCUT2D eigenvalue weighted by Crippen LogP contribution is -2.13. The number of aromatic nitrogens is 2. The van der Waals surface area contributed by atoms with Crippen LogP contribution in [0.15, 0.2) is 24.3 Å². The fraction of sp³-hybridized carbons (Fsp3) is 0.450. The standard InChI is InChI=1S/C20H27N3O3/c1-13(2)12-23-15(4)18(14(3)22-23)9-10-19(24)21-17-8-6-7-16(11-17)20(25)26-5/h6-8,11,13H,9-10,12H2,1-5H3,(H,21,24). The van der Waals surface area contributed by atoms with E-state index in [0.717, 1.165) is 23.5 Å². The van der Waals surface area contributed by atoms with Gasteiger partial charge in [0, 0.05) is 24.3 Å². The molecule has 0 saturated carbocycles. The van der Waals surface area contributed by atoms with Crippen LogP contribution in [0.25, 0.3) is 0 Å². The molecule has 0 atom stereocenters. The van der Waals surface area contributed by atoms with E-state index in [9.17, 15) is 9.59 Å². The number of esters is 1. The number of nitrogens with zero attached hydrogens (tertiary/aromatic N) is 2.